The first-order chi connectivity index (χ1) is 25.6. The van der Waals surface area contributed by atoms with Gasteiger partial charge < -0.3 is 48.9 Å². The molecule has 1 fully saturated rings. The van der Waals surface area contributed by atoms with Gasteiger partial charge in [0.15, 0.2) is 36.1 Å². The molecule has 4 N–H and O–H groups in total. The Kier molecular flexibility index (Phi) is 18.1. The topological polar surface area (TPSA) is 206 Å². The Bertz CT molecular complexity index is 1410. The number of ether oxygens (including phenoxy) is 7. The summed E-state index contributed by atoms with van der Waals surface area (Å²) in [6, 6.07) is 4.64. The maximum Gasteiger partial charge on any atom is 0.412 e. The third-order valence-corrected chi connectivity index (χ3v) is 8.51. The standard InChI is InChI=1S/C37H53N3O13/c1-6-10-16-38-29(42)18-23(12-8-3)34(44)51-32-31(53-37(46)40-25-14-15-26-27(20-25)49-22-48-26)28(21-41)50-36(47-5)33(32)52-35(45)24(13-9-4)19-30(43)39-17-11-7-2/h8-9,14-15,20,23-24,28,31-33,36,41H,3-4,6-7,10-13,16-19,21-22H2,1-2,5H3,(H,38,42)(H,39,43)(H,40,46)/t23-,24-,28+,31-,32-,33+,36-/m0/s1. The maximum absolute atomic E-state index is 13.8. The smallest absolute Gasteiger partial charge is 0.412 e. The van der Waals surface area contributed by atoms with Crippen molar-refractivity contribution in [2.45, 2.75) is 95.9 Å². The number of anilines is 1. The van der Waals surface area contributed by atoms with Crippen molar-refractivity contribution >= 4 is 35.5 Å². The highest BCUT2D eigenvalue weighted by Crippen LogP contribution is 2.35. The quantitative estimate of drug-likeness (QED) is 0.0581. The number of rotatable bonds is 22. The zero-order valence-corrected chi connectivity index (χ0v) is 30.7. The molecule has 1 saturated heterocycles. The Labute approximate surface area is 309 Å². The zero-order chi connectivity index (χ0) is 38.8. The Morgan fingerprint density at radius 1 is 0.849 bits per heavy atom. The number of benzene rings is 1. The number of carbonyl (C=O) groups is 5. The lowest BCUT2D eigenvalue weighted by molar-refractivity contribution is -0.300. The molecule has 16 heteroatoms. The Morgan fingerprint density at radius 2 is 1.42 bits per heavy atom. The van der Waals surface area contributed by atoms with Gasteiger partial charge in [0.25, 0.3) is 0 Å². The Balaban J connectivity index is 1.94. The van der Waals surface area contributed by atoms with Gasteiger partial charge in [0.05, 0.1) is 18.4 Å². The molecule has 294 valence electrons. The van der Waals surface area contributed by atoms with Gasteiger partial charge in [-0.05, 0) is 37.8 Å². The van der Waals surface area contributed by atoms with Crippen LogP contribution in [0.4, 0.5) is 10.5 Å². The summed E-state index contributed by atoms with van der Waals surface area (Å²) in [6.45, 7) is 11.5. The van der Waals surface area contributed by atoms with E-state index in [1.807, 2.05) is 13.8 Å². The van der Waals surface area contributed by atoms with E-state index in [1.165, 1.54) is 25.3 Å². The average molecular weight is 748 g/mol. The highest BCUT2D eigenvalue weighted by molar-refractivity contribution is 5.86. The van der Waals surface area contributed by atoms with Crippen LogP contribution in [-0.4, -0.2) is 99.3 Å². The third kappa shape index (κ3) is 13.0. The van der Waals surface area contributed by atoms with Crippen LogP contribution in [0.5, 0.6) is 11.5 Å². The van der Waals surface area contributed by atoms with Crippen molar-refractivity contribution in [3.05, 3.63) is 43.5 Å². The summed E-state index contributed by atoms with van der Waals surface area (Å²) in [4.78, 5) is 66.3. The molecule has 1 aromatic carbocycles. The van der Waals surface area contributed by atoms with Crippen molar-refractivity contribution in [1.29, 1.82) is 0 Å². The fraction of sp³-hybridized carbons (Fsp3) is 0.595. The molecule has 2 aliphatic rings. The first kappa shape index (κ1) is 42.7. The van der Waals surface area contributed by atoms with E-state index in [1.54, 1.807) is 12.1 Å². The summed E-state index contributed by atoms with van der Waals surface area (Å²) in [5.41, 5.74) is 0.271. The van der Waals surface area contributed by atoms with Gasteiger partial charge in [-0.1, -0.05) is 38.8 Å². The third-order valence-electron chi connectivity index (χ3n) is 8.51. The van der Waals surface area contributed by atoms with Crippen molar-refractivity contribution in [1.82, 2.24) is 10.6 Å². The van der Waals surface area contributed by atoms with Crippen LogP contribution in [0.3, 0.4) is 0 Å². The Hall–Kier alpha value is -4.67. The van der Waals surface area contributed by atoms with Gasteiger partial charge in [0, 0.05) is 44.8 Å². The second-order valence-corrected chi connectivity index (χ2v) is 12.6. The summed E-state index contributed by atoms with van der Waals surface area (Å²) < 4.78 is 39.7. The first-order valence-corrected chi connectivity index (χ1v) is 17.9. The van der Waals surface area contributed by atoms with Crippen LogP contribution >= 0.6 is 0 Å². The fourth-order valence-corrected chi connectivity index (χ4v) is 5.65. The molecule has 0 bridgehead atoms. The highest BCUT2D eigenvalue weighted by Gasteiger charge is 2.53. The monoisotopic (exact) mass is 747 g/mol. The molecule has 2 aliphatic heterocycles. The molecule has 1 aromatic rings. The van der Waals surface area contributed by atoms with Crippen LogP contribution in [0.2, 0.25) is 0 Å². The molecule has 0 aromatic heterocycles. The number of fused-ring (bicyclic) bond motifs is 1. The van der Waals surface area contributed by atoms with Crippen LogP contribution in [0, 0.1) is 11.8 Å². The van der Waals surface area contributed by atoms with Gasteiger partial charge in [-0.2, -0.15) is 0 Å². The number of unbranched alkanes of at least 4 members (excludes halogenated alkanes) is 2. The van der Waals surface area contributed by atoms with Crippen LogP contribution in [0.15, 0.2) is 43.5 Å². The van der Waals surface area contributed by atoms with E-state index in [2.05, 4.69) is 29.1 Å². The molecule has 2 heterocycles. The van der Waals surface area contributed by atoms with Crippen molar-refractivity contribution < 1.29 is 62.2 Å². The van der Waals surface area contributed by atoms with E-state index < -0.39 is 67.2 Å². The predicted molar refractivity (Wildman–Crippen MR) is 191 cm³/mol. The summed E-state index contributed by atoms with van der Waals surface area (Å²) in [7, 11) is 1.25. The molecule has 3 rings (SSSR count). The van der Waals surface area contributed by atoms with Gasteiger partial charge in [0.2, 0.25) is 18.6 Å². The molecular formula is C37H53N3O13. The molecule has 3 amide bonds. The number of aliphatic hydroxyl groups excluding tert-OH is 1. The summed E-state index contributed by atoms with van der Waals surface area (Å²) in [5.74, 6) is -3.67. The maximum atomic E-state index is 13.8. The first-order valence-electron chi connectivity index (χ1n) is 17.9. The molecule has 0 radical (unpaired) electrons. The average Bonchev–Trinajstić information content (AvgIpc) is 3.60. The number of esters is 2. The minimum atomic E-state index is -1.62. The number of hydrogen-bond acceptors (Lipinski definition) is 13. The van der Waals surface area contributed by atoms with Crippen LogP contribution in [0.1, 0.15) is 65.2 Å². The minimum Gasteiger partial charge on any atom is -0.454 e. The van der Waals surface area contributed by atoms with E-state index in [9.17, 15) is 29.1 Å². The van der Waals surface area contributed by atoms with Crippen LogP contribution < -0.4 is 25.4 Å². The zero-order valence-electron chi connectivity index (χ0n) is 30.7. The van der Waals surface area contributed by atoms with Crippen molar-refractivity contribution in [2.24, 2.45) is 11.8 Å². The number of methoxy groups -OCH3 is 1. The lowest BCUT2D eigenvalue weighted by atomic mass is 9.96. The van der Waals surface area contributed by atoms with Gasteiger partial charge in [-0.25, -0.2) is 4.79 Å². The largest absolute Gasteiger partial charge is 0.454 e. The van der Waals surface area contributed by atoms with Gasteiger partial charge in [-0.3, -0.25) is 24.5 Å². The molecule has 7 atom stereocenters. The minimum absolute atomic E-state index is 0.0130. The number of hydrogen-bond donors (Lipinski definition) is 4. The van der Waals surface area contributed by atoms with Gasteiger partial charge in [0.1, 0.15) is 6.10 Å². The molecule has 0 unspecified atom stereocenters. The molecule has 0 spiro atoms. The number of carbonyl (C=O) groups excluding carboxylic acids is 5. The van der Waals surface area contributed by atoms with Crippen molar-refractivity contribution in [2.75, 3.05) is 38.9 Å². The lowest BCUT2D eigenvalue weighted by Gasteiger charge is -2.44. The molecule has 0 saturated carbocycles. The molecular weight excluding hydrogens is 694 g/mol. The van der Waals surface area contributed by atoms with E-state index in [0.717, 1.165) is 25.7 Å². The van der Waals surface area contributed by atoms with Crippen LogP contribution in [-0.2, 0) is 42.9 Å². The molecule has 16 nitrogen and oxygen atoms in total. The second-order valence-electron chi connectivity index (χ2n) is 12.6. The lowest BCUT2D eigenvalue weighted by Crippen LogP contribution is -2.63. The summed E-state index contributed by atoms with van der Waals surface area (Å²) in [5, 5.41) is 18.5. The SMILES string of the molecule is C=CC[C@@H](CC(=O)NCCCC)C(=O)O[C@H]1[C@@H](OC(=O)Nc2ccc3c(c2)OCO3)[C@@H](CO)O[C@H](OC)[C@@H]1OC(=O)[C@@H](CC=C)CC(=O)NCCCC. The number of aliphatic hydroxyl groups is 1. The predicted octanol–water partition coefficient (Wildman–Crippen LogP) is 3.52. The highest BCUT2D eigenvalue weighted by atomic mass is 16.7. The van der Waals surface area contributed by atoms with Gasteiger partial charge >= 0.3 is 18.0 Å². The number of amides is 3. The molecule has 0 aliphatic carbocycles. The Morgan fingerprint density at radius 3 is 1.94 bits per heavy atom. The number of allylic oxidation sites excluding steroid dienone is 2. The van der Waals surface area contributed by atoms with Crippen molar-refractivity contribution in [3.8, 4) is 11.5 Å². The second kappa shape index (κ2) is 22.4. The van der Waals surface area contributed by atoms with E-state index in [4.69, 9.17) is 33.2 Å². The van der Waals surface area contributed by atoms with Gasteiger partial charge in [-0.15, -0.1) is 13.2 Å². The summed E-state index contributed by atoms with van der Waals surface area (Å²) >= 11 is 0. The fourth-order valence-electron chi connectivity index (χ4n) is 5.65. The van der Waals surface area contributed by atoms with E-state index in [-0.39, 0.29) is 50.0 Å². The van der Waals surface area contributed by atoms with E-state index in [0.29, 0.717) is 24.6 Å². The van der Waals surface area contributed by atoms with Crippen LogP contribution in [0.25, 0.3) is 0 Å². The number of nitrogens with one attached hydrogen (secondary N) is 3. The van der Waals surface area contributed by atoms with Crippen molar-refractivity contribution in [3.63, 3.8) is 0 Å². The normalized spacial score (nSPS) is 21.3. The van der Waals surface area contributed by atoms with E-state index >= 15 is 0 Å². The molecule has 53 heavy (non-hydrogen) atoms. The summed E-state index contributed by atoms with van der Waals surface area (Å²) in [6.07, 6.45) is -2.76.